The Bertz CT molecular complexity index is 788. The molecule has 0 saturated heterocycles. The first-order valence-corrected chi connectivity index (χ1v) is 8.15. The summed E-state index contributed by atoms with van der Waals surface area (Å²) in [5.74, 6) is 0.236. The highest BCUT2D eigenvalue weighted by atomic mass is 16.1. The van der Waals surface area contributed by atoms with Crippen LogP contribution in [-0.4, -0.2) is 12.3 Å². The van der Waals surface area contributed by atoms with Crippen LogP contribution in [0.1, 0.15) is 45.5 Å². The predicted octanol–water partition coefficient (Wildman–Crippen LogP) is 5.07. The Balaban J connectivity index is 2.07. The summed E-state index contributed by atoms with van der Waals surface area (Å²) in [5, 5.41) is 0. The SMILES string of the molecule is C=C(c1ccc(C)cc1C)N1CCCC(=O)c2cc(C)ccc21. The van der Waals surface area contributed by atoms with Crippen molar-refractivity contribution in [2.75, 3.05) is 11.4 Å². The van der Waals surface area contributed by atoms with Crippen LogP contribution in [0, 0.1) is 20.8 Å². The quantitative estimate of drug-likeness (QED) is 0.772. The summed E-state index contributed by atoms with van der Waals surface area (Å²) in [6.07, 6.45) is 1.46. The van der Waals surface area contributed by atoms with Crippen LogP contribution in [-0.2, 0) is 0 Å². The fourth-order valence-corrected chi connectivity index (χ4v) is 3.32. The molecule has 0 aromatic heterocycles. The van der Waals surface area contributed by atoms with Gasteiger partial charge in [0.25, 0.3) is 0 Å². The molecule has 0 atom stereocenters. The Morgan fingerprint density at radius 3 is 2.48 bits per heavy atom. The Labute approximate surface area is 138 Å². The van der Waals surface area contributed by atoms with Gasteiger partial charge < -0.3 is 4.90 Å². The lowest BCUT2D eigenvalue weighted by atomic mass is 10.0. The predicted molar refractivity (Wildman–Crippen MR) is 97.0 cm³/mol. The molecule has 0 fully saturated rings. The van der Waals surface area contributed by atoms with Crippen molar-refractivity contribution < 1.29 is 4.79 Å². The number of Topliss-reactive ketones (excluding diaryl/α,β-unsaturated/α-hetero) is 1. The molecule has 2 nitrogen and oxygen atoms in total. The van der Waals surface area contributed by atoms with E-state index >= 15 is 0 Å². The Morgan fingerprint density at radius 1 is 1.04 bits per heavy atom. The molecular formula is C21H23NO. The van der Waals surface area contributed by atoms with E-state index in [2.05, 4.69) is 55.7 Å². The number of hydrogen-bond acceptors (Lipinski definition) is 2. The molecule has 118 valence electrons. The second-order valence-electron chi connectivity index (χ2n) is 6.46. The molecule has 0 saturated carbocycles. The van der Waals surface area contributed by atoms with Crippen LogP contribution in [0.25, 0.3) is 5.70 Å². The summed E-state index contributed by atoms with van der Waals surface area (Å²) in [4.78, 5) is 14.6. The lowest BCUT2D eigenvalue weighted by Gasteiger charge is -2.28. The molecule has 0 aliphatic carbocycles. The Kier molecular flexibility index (Phi) is 4.08. The molecule has 0 radical (unpaired) electrons. The van der Waals surface area contributed by atoms with Gasteiger partial charge in [-0.3, -0.25) is 4.79 Å². The van der Waals surface area contributed by atoms with Gasteiger partial charge >= 0.3 is 0 Å². The third kappa shape index (κ3) is 2.94. The van der Waals surface area contributed by atoms with Crippen LogP contribution in [0.15, 0.2) is 43.0 Å². The maximum Gasteiger partial charge on any atom is 0.165 e. The fraction of sp³-hybridized carbons (Fsp3) is 0.286. The first-order valence-electron chi connectivity index (χ1n) is 8.15. The van der Waals surface area contributed by atoms with Gasteiger partial charge in [0.15, 0.2) is 5.78 Å². The van der Waals surface area contributed by atoms with Crippen LogP contribution >= 0.6 is 0 Å². The van der Waals surface area contributed by atoms with Crippen molar-refractivity contribution in [3.8, 4) is 0 Å². The van der Waals surface area contributed by atoms with Crippen LogP contribution < -0.4 is 4.90 Å². The van der Waals surface area contributed by atoms with Crippen LogP contribution in [0.4, 0.5) is 5.69 Å². The largest absolute Gasteiger partial charge is 0.341 e. The number of benzene rings is 2. The fourth-order valence-electron chi connectivity index (χ4n) is 3.32. The molecule has 3 rings (SSSR count). The summed E-state index contributed by atoms with van der Waals surface area (Å²) >= 11 is 0. The second kappa shape index (κ2) is 6.04. The molecule has 23 heavy (non-hydrogen) atoms. The zero-order valence-electron chi connectivity index (χ0n) is 14.1. The summed E-state index contributed by atoms with van der Waals surface area (Å²) < 4.78 is 0. The maximum absolute atomic E-state index is 12.4. The second-order valence-corrected chi connectivity index (χ2v) is 6.46. The van der Waals surface area contributed by atoms with Gasteiger partial charge in [-0.05, 0) is 44.9 Å². The number of nitrogens with zero attached hydrogens (tertiary/aromatic N) is 1. The molecule has 0 bridgehead atoms. The van der Waals surface area contributed by atoms with Gasteiger partial charge in [0.1, 0.15) is 0 Å². The Morgan fingerprint density at radius 2 is 1.74 bits per heavy atom. The van der Waals surface area contributed by atoms with E-state index in [1.807, 2.05) is 13.0 Å². The maximum atomic E-state index is 12.4. The van der Waals surface area contributed by atoms with Crippen LogP contribution in [0.2, 0.25) is 0 Å². The zero-order chi connectivity index (χ0) is 16.6. The highest BCUT2D eigenvalue weighted by Crippen LogP contribution is 2.33. The smallest absolute Gasteiger partial charge is 0.165 e. The van der Waals surface area contributed by atoms with Gasteiger partial charge in [-0.15, -0.1) is 0 Å². The van der Waals surface area contributed by atoms with E-state index in [9.17, 15) is 4.79 Å². The molecule has 0 N–H and O–H groups in total. The molecule has 1 aliphatic rings. The minimum atomic E-state index is 0.236. The number of hydrogen-bond donors (Lipinski definition) is 0. The standard InChI is InChI=1S/C21H23NO/c1-14-7-9-18(16(3)12-14)17(4)22-11-5-6-21(23)19-13-15(2)8-10-20(19)22/h7-10,12-13H,4-6,11H2,1-3H3. The molecule has 1 heterocycles. The number of anilines is 1. The minimum Gasteiger partial charge on any atom is -0.341 e. The van der Waals surface area contributed by atoms with E-state index < -0.39 is 0 Å². The van der Waals surface area contributed by atoms with E-state index in [0.717, 1.165) is 41.0 Å². The molecule has 2 heteroatoms. The minimum absolute atomic E-state index is 0.236. The summed E-state index contributed by atoms with van der Waals surface area (Å²) in [5.41, 5.74) is 7.53. The van der Waals surface area contributed by atoms with Gasteiger partial charge in [-0.25, -0.2) is 0 Å². The van der Waals surface area contributed by atoms with E-state index in [0.29, 0.717) is 6.42 Å². The van der Waals surface area contributed by atoms with E-state index in [4.69, 9.17) is 0 Å². The van der Waals surface area contributed by atoms with E-state index in [1.165, 1.54) is 11.1 Å². The van der Waals surface area contributed by atoms with Crippen LogP contribution in [0.3, 0.4) is 0 Å². The average Bonchev–Trinajstić information content (AvgIpc) is 2.66. The first kappa shape index (κ1) is 15.5. The highest BCUT2D eigenvalue weighted by molar-refractivity contribution is 6.04. The van der Waals surface area contributed by atoms with Crippen LogP contribution in [0.5, 0.6) is 0 Å². The number of carbonyl (C=O) groups is 1. The summed E-state index contributed by atoms with van der Waals surface area (Å²) in [6.45, 7) is 11.4. The average molecular weight is 305 g/mol. The van der Waals surface area contributed by atoms with Gasteiger partial charge in [0, 0.05) is 29.8 Å². The molecule has 2 aromatic carbocycles. The lowest BCUT2D eigenvalue weighted by Crippen LogP contribution is -2.22. The Hall–Kier alpha value is -2.35. The van der Waals surface area contributed by atoms with Crippen molar-refractivity contribution in [3.63, 3.8) is 0 Å². The van der Waals surface area contributed by atoms with Gasteiger partial charge in [-0.2, -0.15) is 0 Å². The highest BCUT2D eigenvalue weighted by Gasteiger charge is 2.23. The van der Waals surface area contributed by atoms with Gasteiger partial charge in [-0.1, -0.05) is 42.0 Å². The molecule has 2 aromatic rings. The summed E-state index contributed by atoms with van der Waals surface area (Å²) in [6, 6.07) is 12.6. The third-order valence-electron chi connectivity index (χ3n) is 4.55. The molecule has 0 spiro atoms. The van der Waals surface area contributed by atoms with E-state index in [-0.39, 0.29) is 5.78 Å². The first-order chi connectivity index (χ1) is 11.0. The zero-order valence-corrected chi connectivity index (χ0v) is 14.1. The van der Waals surface area contributed by atoms with Crippen molar-refractivity contribution >= 4 is 17.2 Å². The third-order valence-corrected chi connectivity index (χ3v) is 4.55. The number of fused-ring (bicyclic) bond motifs is 1. The van der Waals surface area contributed by atoms with Gasteiger partial charge in [0.05, 0.1) is 5.69 Å². The van der Waals surface area contributed by atoms with Crippen molar-refractivity contribution in [2.45, 2.75) is 33.6 Å². The molecule has 0 amide bonds. The van der Waals surface area contributed by atoms with Gasteiger partial charge in [0.2, 0.25) is 0 Å². The van der Waals surface area contributed by atoms with Crippen molar-refractivity contribution in [2.24, 2.45) is 0 Å². The number of aryl methyl sites for hydroxylation is 3. The van der Waals surface area contributed by atoms with E-state index in [1.54, 1.807) is 0 Å². The molecular weight excluding hydrogens is 282 g/mol. The van der Waals surface area contributed by atoms with Crippen molar-refractivity contribution in [3.05, 3.63) is 70.8 Å². The normalized spacial score (nSPS) is 14.4. The monoisotopic (exact) mass is 305 g/mol. The molecule has 1 aliphatic heterocycles. The topological polar surface area (TPSA) is 20.3 Å². The number of rotatable bonds is 2. The molecule has 0 unspecified atom stereocenters. The number of ketones is 1. The lowest BCUT2D eigenvalue weighted by molar-refractivity contribution is 0.0983. The van der Waals surface area contributed by atoms with Crippen molar-refractivity contribution in [1.29, 1.82) is 0 Å². The number of carbonyl (C=O) groups excluding carboxylic acids is 1. The van der Waals surface area contributed by atoms with Crippen molar-refractivity contribution in [1.82, 2.24) is 0 Å². The summed E-state index contributed by atoms with van der Waals surface area (Å²) in [7, 11) is 0.